The van der Waals surface area contributed by atoms with Crippen molar-refractivity contribution in [2.45, 2.75) is 51.4 Å². The van der Waals surface area contributed by atoms with Crippen molar-refractivity contribution in [2.75, 3.05) is 4.90 Å². The molecule has 3 rings (SSSR count). The quantitative estimate of drug-likeness (QED) is 0.324. The highest BCUT2D eigenvalue weighted by atomic mass is 19.4. The number of anilines is 1. The molecule has 206 valence electrons. The lowest BCUT2D eigenvalue weighted by Gasteiger charge is -2.36. The highest BCUT2D eigenvalue weighted by Gasteiger charge is 2.56. The highest BCUT2D eigenvalue weighted by Crippen LogP contribution is 2.46. The average molecular weight is 552 g/mol. The van der Waals surface area contributed by atoms with Crippen LogP contribution in [0.2, 0.25) is 0 Å². The Hall–Kier alpha value is -4.77. The van der Waals surface area contributed by atoms with Crippen LogP contribution in [0.15, 0.2) is 60.8 Å². The number of ether oxygens (including phenoxy) is 1. The summed E-state index contributed by atoms with van der Waals surface area (Å²) in [7, 11) is 0. The number of rotatable bonds is 5. The van der Waals surface area contributed by atoms with Gasteiger partial charge in [0.05, 0.1) is 29.5 Å². The maximum atomic E-state index is 13.9. The van der Waals surface area contributed by atoms with Gasteiger partial charge >= 0.3 is 12.1 Å². The van der Waals surface area contributed by atoms with Gasteiger partial charge in [-0.1, -0.05) is 18.2 Å². The van der Waals surface area contributed by atoms with Crippen molar-refractivity contribution in [1.29, 1.82) is 10.5 Å². The van der Waals surface area contributed by atoms with Crippen molar-refractivity contribution < 1.29 is 32.3 Å². The lowest BCUT2D eigenvalue weighted by molar-refractivity contribution is -0.158. The third kappa shape index (κ3) is 6.26. The SMILES string of the molecule is C=C1[C+](C#N)C(c2ccc(C#N)cc2)C(C(=O)N[C@@H](C)C(=O)OC(C)(C)C)C(=O)N1c1cccc(C(F)(F)F)c1. The number of benzene rings is 2. The Morgan fingerprint density at radius 1 is 1.12 bits per heavy atom. The number of allylic oxidation sites excluding steroid dienone is 1. The molecule has 8 nitrogen and oxygen atoms in total. The van der Waals surface area contributed by atoms with E-state index in [4.69, 9.17) is 10.00 Å². The van der Waals surface area contributed by atoms with Crippen LogP contribution in [0, 0.1) is 34.5 Å². The van der Waals surface area contributed by atoms with E-state index in [1.165, 1.54) is 37.3 Å². The number of alkyl halides is 3. The third-order valence-electron chi connectivity index (χ3n) is 6.06. The summed E-state index contributed by atoms with van der Waals surface area (Å²) in [6.45, 7) is 10.1. The molecule has 2 aromatic carbocycles. The summed E-state index contributed by atoms with van der Waals surface area (Å²) in [5.74, 6) is -5.70. The molecule has 0 aliphatic carbocycles. The van der Waals surface area contributed by atoms with Crippen molar-refractivity contribution >= 4 is 23.5 Å². The van der Waals surface area contributed by atoms with Crippen LogP contribution >= 0.6 is 0 Å². The number of halogens is 3. The molecule has 0 spiro atoms. The number of hydrogen-bond acceptors (Lipinski definition) is 6. The fourth-order valence-electron chi connectivity index (χ4n) is 4.26. The second kappa shape index (κ2) is 11.1. The lowest BCUT2D eigenvalue weighted by atomic mass is 9.71. The molecule has 2 unspecified atom stereocenters. The van der Waals surface area contributed by atoms with Gasteiger partial charge in [-0.15, -0.1) is 0 Å². The Morgan fingerprint density at radius 2 is 1.75 bits per heavy atom. The Bertz CT molecular complexity index is 1410. The lowest BCUT2D eigenvalue weighted by Crippen LogP contribution is -2.54. The molecule has 0 bridgehead atoms. The molecule has 2 aromatic rings. The van der Waals surface area contributed by atoms with Crippen LogP contribution in [-0.4, -0.2) is 29.4 Å². The molecular weight excluding hydrogens is 525 g/mol. The highest BCUT2D eigenvalue weighted by molar-refractivity contribution is 6.13. The summed E-state index contributed by atoms with van der Waals surface area (Å²) in [6, 6.07) is 12.4. The molecule has 1 heterocycles. The molecule has 0 radical (unpaired) electrons. The molecule has 0 saturated carbocycles. The molecule has 1 saturated heterocycles. The first-order valence-corrected chi connectivity index (χ1v) is 12.1. The van der Waals surface area contributed by atoms with Gasteiger partial charge in [-0.3, -0.25) is 9.59 Å². The Labute approximate surface area is 229 Å². The largest absolute Gasteiger partial charge is 0.458 e. The van der Waals surface area contributed by atoms with Crippen LogP contribution < -0.4 is 10.2 Å². The molecule has 40 heavy (non-hydrogen) atoms. The minimum atomic E-state index is -4.72. The summed E-state index contributed by atoms with van der Waals surface area (Å²) in [5, 5.41) is 21.7. The van der Waals surface area contributed by atoms with Crippen LogP contribution in [0.3, 0.4) is 0 Å². The van der Waals surface area contributed by atoms with E-state index in [0.29, 0.717) is 5.56 Å². The molecule has 1 N–H and O–H groups in total. The molecule has 1 aliphatic rings. The van der Waals surface area contributed by atoms with Crippen LogP contribution in [0.4, 0.5) is 18.9 Å². The first kappa shape index (κ1) is 29.8. The number of carbonyl (C=O) groups is 3. The summed E-state index contributed by atoms with van der Waals surface area (Å²) in [6.07, 6.45) is -4.72. The van der Waals surface area contributed by atoms with Gasteiger partial charge in [0, 0.05) is 0 Å². The van der Waals surface area contributed by atoms with Crippen molar-refractivity contribution in [3.05, 3.63) is 83.4 Å². The molecule has 1 fully saturated rings. The predicted octanol–water partition coefficient (Wildman–Crippen LogP) is 4.78. The van der Waals surface area contributed by atoms with E-state index in [1.54, 1.807) is 20.8 Å². The summed E-state index contributed by atoms with van der Waals surface area (Å²) in [4.78, 5) is 40.9. The van der Waals surface area contributed by atoms with Crippen molar-refractivity contribution in [3.8, 4) is 12.1 Å². The normalized spacial score (nSPS) is 18.4. The van der Waals surface area contributed by atoms with Gasteiger partial charge in [0.25, 0.3) is 0 Å². The van der Waals surface area contributed by atoms with Gasteiger partial charge in [-0.2, -0.15) is 23.7 Å². The molecule has 0 aromatic heterocycles. The number of amides is 2. The van der Waals surface area contributed by atoms with Crippen LogP contribution in [-0.2, 0) is 25.3 Å². The molecular formula is C29H26F3N4O4+. The summed E-state index contributed by atoms with van der Waals surface area (Å²) >= 11 is 0. The molecule has 11 heteroatoms. The van der Waals surface area contributed by atoms with Crippen molar-refractivity contribution in [2.24, 2.45) is 5.92 Å². The average Bonchev–Trinajstić information content (AvgIpc) is 2.87. The van der Waals surface area contributed by atoms with Crippen LogP contribution in [0.25, 0.3) is 0 Å². The van der Waals surface area contributed by atoms with E-state index in [2.05, 4.69) is 11.9 Å². The fraction of sp³-hybridized carbons (Fsp3) is 0.310. The minimum Gasteiger partial charge on any atom is -0.458 e. The maximum Gasteiger partial charge on any atom is 0.416 e. The second-order valence-corrected chi connectivity index (χ2v) is 10.1. The van der Waals surface area contributed by atoms with Gasteiger partial charge in [-0.25, -0.2) is 9.69 Å². The first-order valence-electron chi connectivity index (χ1n) is 12.1. The van der Waals surface area contributed by atoms with Crippen molar-refractivity contribution in [3.63, 3.8) is 0 Å². The second-order valence-electron chi connectivity index (χ2n) is 10.1. The number of carbonyl (C=O) groups excluding carboxylic acids is 3. The van der Waals surface area contributed by atoms with Gasteiger partial charge in [-0.05, 0) is 63.6 Å². The van der Waals surface area contributed by atoms with Gasteiger partial charge in [0.15, 0.2) is 12.0 Å². The van der Waals surface area contributed by atoms with E-state index >= 15 is 0 Å². The standard InChI is InChI=1S/C29H25F3N4O4/c1-16(27(39)40-28(3,4)5)35-25(37)24-23(19-11-9-18(14-33)10-12-19)22(15-34)17(2)36(26(24)38)21-8-6-7-20(13-21)29(30,31)32/h6-13,16,23-24H,2H2,1,3-5H3/p+1/t16-,23?,24?/m0/s1. The topological polar surface area (TPSA) is 123 Å². The van der Waals surface area contributed by atoms with Crippen LogP contribution in [0.1, 0.15) is 50.3 Å². The van der Waals surface area contributed by atoms with E-state index < -0.39 is 53.0 Å². The van der Waals surface area contributed by atoms with Crippen LogP contribution in [0.5, 0.6) is 0 Å². The molecule has 1 aliphatic heterocycles. The number of esters is 1. The zero-order valence-electron chi connectivity index (χ0n) is 22.2. The zero-order chi connectivity index (χ0) is 30.0. The van der Waals surface area contributed by atoms with Crippen molar-refractivity contribution in [1.82, 2.24) is 5.32 Å². The van der Waals surface area contributed by atoms with E-state index in [0.717, 1.165) is 23.1 Å². The van der Waals surface area contributed by atoms with Gasteiger partial charge in [0.2, 0.25) is 17.5 Å². The molecule has 3 atom stereocenters. The number of nitriles is 2. The monoisotopic (exact) mass is 551 g/mol. The smallest absolute Gasteiger partial charge is 0.416 e. The van der Waals surface area contributed by atoms with E-state index in [9.17, 15) is 32.8 Å². The van der Waals surface area contributed by atoms with Gasteiger partial charge in [0.1, 0.15) is 23.5 Å². The summed E-state index contributed by atoms with van der Waals surface area (Å²) < 4.78 is 45.6. The maximum absolute atomic E-state index is 13.9. The third-order valence-corrected chi connectivity index (χ3v) is 6.06. The molecule has 2 amide bonds. The zero-order valence-corrected chi connectivity index (χ0v) is 22.2. The summed E-state index contributed by atoms with van der Waals surface area (Å²) in [5.41, 5.74) is -1.74. The Balaban J connectivity index is 2.11. The predicted molar refractivity (Wildman–Crippen MR) is 138 cm³/mol. The minimum absolute atomic E-state index is 0.146. The van der Waals surface area contributed by atoms with E-state index in [-0.39, 0.29) is 22.9 Å². The number of piperidine rings is 1. The van der Waals surface area contributed by atoms with E-state index in [1.807, 2.05) is 12.1 Å². The fourth-order valence-corrected chi connectivity index (χ4v) is 4.26. The number of nitrogens with zero attached hydrogens (tertiary/aromatic N) is 3. The number of nitrogens with one attached hydrogen (secondary N) is 1. The Morgan fingerprint density at radius 3 is 2.27 bits per heavy atom. The van der Waals surface area contributed by atoms with Gasteiger partial charge < -0.3 is 10.1 Å². The first-order chi connectivity index (χ1) is 18.6. The number of hydrogen-bond donors (Lipinski definition) is 1. The Kier molecular flexibility index (Phi) is 8.30.